The third-order valence-electron chi connectivity index (χ3n) is 1.30. The normalized spacial score (nSPS) is 9.50. The fraction of sp³-hybridized carbons (Fsp3) is 0.125. The van der Waals surface area contributed by atoms with Gasteiger partial charge in [0, 0.05) is 5.02 Å². The molecule has 0 aliphatic heterocycles. The van der Waals surface area contributed by atoms with Crippen LogP contribution in [0.2, 0.25) is 5.02 Å². The second kappa shape index (κ2) is 2.93. The van der Waals surface area contributed by atoms with Crippen molar-refractivity contribution in [2.45, 2.75) is 6.92 Å². The third-order valence-corrected chi connectivity index (χ3v) is 1.72. The number of halogens is 1. The quantitative estimate of drug-likeness (QED) is 0.606. The maximum atomic E-state index is 5.76. The van der Waals surface area contributed by atoms with Crippen molar-refractivity contribution in [3.05, 3.63) is 35.9 Å². The van der Waals surface area contributed by atoms with E-state index in [4.69, 9.17) is 16.3 Å². The van der Waals surface area contributed by atoms with Crippen LogP contribution in [0.15, 0.2) is 18.2 Å². The van der Waals surface area contributed by atoms with Crippen molar-refractivity contribution in [1.29, 1.82) is 0 Å². The topological polar surface area (TPSA) is 9.23 Å². The Hall–Kier alpha value is -0.690. The van der Waals surface area contributed by atoms with Gasteiger partial charge in [-0.3, -0.25) is 0 Å². The maximum absolute atomic E-state index is 5.76. The SMILES string of the molecule is [CH2]Oc1ccc(Cl)c(C)c1. The van der Waals surface area contributed by atoms with Crippen molar-refractivity contribution in [1.82, 2.24) is 0 Å². The summed E-state index contributed by atoms with van der Waals surface area (Å²) in [4.78, 5) is 0. The molecule has 0 saturated heterocycles. The van der Waals surface area contributed by atoms with Gasteiger partial charge in [-0.15, -0.1) is 0 Å². The van der Waals surface area contributed by atoms with Gasteiger partial charge < -0.3 is 4.74 Å². The van der Waals surface area contributed by atoms with Gasteiger partial charge in [-0.2, -0.15) is 0 Å². The summed E-state index contributed by atoms with van der Waals surface area (Å²) in [6, 6.07) is 5.41. The van der Waals surface area contributed by atoms with Crippen LogP contribution in [0, 0.1) is 14.0 Å². The summed E-state index contributed by atoms with van der Waals surface area (Å²) in [6.45, 7) is 1.92. The molecule has 1 aromatic carbocycles. The van der Waals surface area contributed by atoms with Gasteiger partial charge in [0.25, 0.3) is 0 Å². The Morgan fingerprint density at radius 2 is 2.20 bits per heavy atom. The number of aryl methyl sites for hydroxylation is 1. The van der Waals surface area contributed by atoms with Gasteiger partial charge in [0.05, 0.1) is 0 Å². The summed E-state index contributed by atoms with van der Waals surface area (Å²) in [7, 11) is 3.28. The average molecular weight is 156 g/mol. The van der Waals surface area contributed by atoms with Crippen LogP contribution >= 0.6 is 11.6 Å². The maximum Gasteiger partial charge on any atom is 0.122 e. The largest absolute Gasteiger partial charge is 0.490 e. The summed E-state index contributed by atoms with van der Waals surface area (Å²) in [5.74, 6) is 0.738. The molecular weight excluding hydrogens is 148 g/mol. The number of ether oxygens (including phenoxy) is 1. The molecule has 53 valence electrons. The van der Waals surface area contributed by atoms with Crippen molar-refractivity contribution in [3.63, 3.8) is 0 Å². The predicted octanol–water partition coefficient (Wildman–Crippen LogP) is 2.82. The van der Waals surface area contributed by atoms with E-state index < -0.39 is 0 Å². The lowest BCUT2D eigenvalue weighted by Crippen LogP contribution is -1.80. The van der Waals surface area contributed by atoms with E-state index in [1.807, 2.05) is 13.0 Å². The van der Waals surface area contributed by atoms with E-state index in [1.165, 1.54) is 0 Å². The molecule has 0 fully saturated rings. The highest BCUT2D eigenvalue weighted by Gasteiger charge is 1.95. The van der Waals surface area contributed by atoms with Crippen molar-refractivity contribution >= 4 is 11.6 Å². The zero-order valence-electron chi connectivity index (χ0n) is 5.73. The highest BCUT2D eigenvalue weighted by molar-refractivity contribution is 6.31. The van der Waals surface area contributed by atoms with Crippen LogP contribution in [0.5, 0.6) is 5.75 Å². The van der Waals surface area contributed by atoms with Gasteiger partial charge in [-0.25, -0.2) is 0 Å². The minimum absolute atomic E-state index is 0.738. The lowest BCUT2D eigenvalue weighted by molar-refractivity contribution is 0.472. The zero-order valence-corrected chi connectivity index (χ0v) is 6.48. The molecule has 0 aliphatic carbocycles. The molecule has 0 amide bonds. The Morgan fingerprint density at radius 3 is 2.70 bits per heavy atom. The average Bonchev–Trinajstić information content (AvgIpc) is 1.95. The first-order chi connectivity index (χ1) is 4.74. The molecule has 0 N–H and O–H groups in total. The summed E-state index contributed by atoms with van der Waals surface area (Å²) in [5.41, 5.74) is 1.00. The van der Waals surface area contributed by atoms with E-state index in [0.717, 1.165) is 16.3 Å². The molecule has 1 aromatic rings. The molecule has 0 unspecified atom stereocenters. The van der Waals surface area contributed by atoms with E-state index in [-0.39, 0.29) is 0 Å². The summed E-state index contributed by atoms with van der Waals surface area (Å²) >= 11 is 5.76. The smallest absolute Gasteiger partial charge is 0.122 e. The van der Waals surface area contributed by atoms with Gasteiger partial charge in [0.15, 0.2) is 0 Å². The molecule has 0 aromatic heterocycles. The number of rotatable bonds is 1. The second-order valence-electron chi connectivity index (χ2n) is 2.06. The highest BCUT2D eigenvalue weighted by atomic mass is 35.5. The first-order valence-corrected chi connectivity index (χ1v) is 3.30. The molecule has 0 spiro atoms. The van der Waals surface area contributed by atoms with Crippen molar-refractivity contribution < 1.29 is 4.74 Å². The summed E-state index contributed by atoms with van der Waals surface area (Å²) in [5, 5.41) is 0.751. The van der Waals surface area contributed by atoms with Crippen molar-refractivity contribution in [2.24, 2.45) is 0 Å². The molecule has 10 heavy (non-hydrogen) atoms. The molecule has 0 aliphatic rings. The fourth-order valence-electron chi connectivity index (χ4n) is 0.707. The predicted molar refractivity (Wildman–Crippen MR) is 42.2 cm³/mol. The molecule has 0 heterocycles. The van der Waals surface area contributed by atoms with Crippen LogP contribution in [0.3, 0.4) is 0 Å². The minimum Gasteiger partial charge on any atom is -0.490 e. The third kappa shape index (κ3) is 1.42. The van der Waals surface area contributed by atoms with Gasteiger partial charge in [-0.1, -0.05) is 11.6 Å². The van der Waals surface area contributed by atoms with Crippen LogP contribution in [0.4, 0.5) is 0 Å². The standard InChI is InChI=1S/C8H8ClO/c1-6-5-7(10-2)3-4-8(6)9/h3-5H,2H2,1H3. The van der Waals surface area contributed by atoms with E-state index in [2.05, 4.69) is 7.11 Å². The number of hydrogen-bond acceptors (Lipinski definition) is 1. The van der Waals surface area contributed by atoms with Crippen LogP contribution < -0.4 is 4.74 Å². The molecule has 1 rings (SSSR count). The lowest BCUT2D eigenvalue weighted by atomic mass is 10.2. The first-order valence-electron chi connectivity index (χ1n) is 2.92. The van der Waals surface area contributed by atoms with Crippen LogP contribution in [0.1, 0.15) is 5.56 Å². The van der Waals surface area contributed by atoms with Gasteiger partial charge >= 0.3 is 0 Å². The van der Waals surface area contributed by atoms with Gasteiger partial charge in [0.1, 0.15) is 12.9 Å². The molecule has 1 nitrogen and oxygen atoms in total. The zero-order chi connectivity index (χ0) is 7.56. The minimum atomic E-state index is 0.738. The summed E-state index contributed by atoms with van der Waals surface area (Å²) < 4.78 is 4.74. The van der Waals surface area contributed by atoms with E-state index in [0.29, 0.717) is 0 Å². The van der Waals surface area contributed by atoms with Gasteiger partial charge in [-0.05, 0) is 30.7 Å². The monoisotopic (exact) mass is 155 g/mol. The fourth-order valence-corrected chi connectivity index (χ4v) is 0.825. The van der Waals surface area contributed by atoms with Crippen molar-refractivity contribution in [3.8, 4) is 5.75 Å². The van der Waals surface area contributed by atoms with E-state index in [9.17, 15) is 0 Å². The molecule has 0 atom stereocenters. The number of benzene rings is 1. The Morgan fingerprint density at radius 1 is 1.50 bits per heavy atom. The molecule has 0 saturated carbocycles. The highest BCUT2D eigenvalue weighted by Crippen LogP contribution is 2.20. The first kappa shape index (κ1) is 7.42. The second-order valence-corrected chi connectivity index (χ2v) is 2.46. The number of hydrogen-bond donors (Lipinski definition) is 0. The summed E-state index contributed by atoms with van der Waals surface area (Å²) in [6.07, 6.45) is 0. The molecule has 0 bridgehead atoms. The van der Waals surface area contributed by atoms with Gasteiger partial charge in [0.2, 0.25) is 0 Å². The van der Waals surface area contributed by atoms with Crippen LogP contribution in [-0.4, -0.2) is 0 Å². The van der Waals surface area contributed by atoms with E-state index in [1.54, 1.807) is 12.1 Å². The Bertz CT molecular complexity index is 233. The molecule has 2 heteroatoms. The van der Waals surface area contributed by atoms with Crippen molar-refractivity contribution in [2.75, 3.05) is 0 Å². The van der Waals surface area contributed by atoms with E-state index >= 15 is 0 Å². The Labute approximate surface area is 65.6 Å². The molecular formula is C8H8ClO. The lowest BCUT2D eigenvalue weighted by Gasteiger charge is -2.00. The Balaban J connectivity index is 3.04. The Kier molecular flexibility index (Phi) is 2.17. The van der Waals surface area contributed by atoms with Crippen LogP contribution in [-0.2, 0) is 0 Å². The van der Waals surface area contributed by atoms with Crippen LogP contribution in [0.25, 0.3) is 0 Å². The molecule has 1 radical (unpaired) electrons.